The number of methoxy groups -OCH3 is 1. The molecule has 0 amide bonds. The number of halogens is 1. The zero-order valence-electron chi connectivity index (χ0n) is 13.6. The molecule has 0 aliphatic heterocycles. The second-order valence-corrected chi connectivity index (χ2v) is 5.49. The van der Waals surface area contributed by atoms with Crippen molar-refractivity contribution >= 4 is 17.6 Å². The normalized spacial score (nSPS) is 11.2. The highest BCUT2D eigenvalue weighted by atomic mass is 35.5. The SMILES string of the molecule is CN=C(NCc1cccc(OC)n1)N(C)Cc1ccc(Cl)cc1. The van der Waals surface area contributed by atoms with Crippen molar-refractivity contribution in [3.63, 3.8) is 0 Å². The molecule has 0 bridgehead atoms. The van der Waals surface area contributed by atoms with E-state index in [0.29, 0.717) is 12.4 Å². The molecule has 0 saturated carbocycles. The number of guanidine groups is 1. The molecule has 2 aromatic rings. The van der Waals surface area contributed by atoms with E-state index in [1.54, 1.807) is 14.2 Å². The van der Waals surface area contributed by atoms with Crippen LogP contribution in [0.25, 0.3) is 0 Å². The van der Waals surface area contributed by atoms with Gasteiger partial charge in [0.05, 0.1) is 19.3 Å². The van der Waals surface area contributed by atoms with Gasteiger partial charge in [0.1, 0.15) is 0 Å². The summed E-state index contributed by atoms with van der Waals surface area (Å²) in [6, 6.07) is 13.5. The summed E-state index contributed by atoms with van der Waals surface area (Å²) in [6.45, 7) is 1.32. The zero-order valence-corrected chi connectivity index (χ0v) is 14.3. The maximum atomic E-state index is 5.91. The number of ether oxygens (including phenoxy) is 1. The minimum absolute atomic E-state index is 0.578. The molecule has 1 aromatic heterocycles. The smallest absolute Gasteiger partial charge is 0.213 e. The van der Waals surface area contributed by atoms with Crippen LogP contribution in [0.1, 0.15) is 11.3 Å². The molecule has 6 heteroatoms. The van der Waals surface area contributed by atoms with Gasteiger partial charge >= 0.3 is 0 Å². The molecule has 0 aliphatic rings. The summed E-state index contributed by atoms with van der Waals surface area (Å²) < 4.78 is 5.13. The molecule has 0 spiro atoms. The average molecular weight is 333 g/mol. The van der Waals surface area contributed by atoms with Gasteiger partial charge in [-0.05, 0) is 23.8 Å². The minimum atomic E-state index is 0.578. The van der Waals surface area contributed by atoms with E-state index in [-0.39, 0.29) is 0 Å². The van der Waals surface area contributed by atoms with Crippen molar-refractivity contribution in [2.75, 3.05) is 21.2 Å². The number of pyridine rings is 1. The summed E-state index contributed by atoms with van der Waals surface area (Å²) >= 11 is 5.91. The van der Waals surface area contributed by atoms with Crippen LogP contribution in [0, 0.1) is 0 Å². The third-order valence-electron chi connectivity index (χ3n) is 3.32. The Labute approximate surface area is 142 Å². The molecule has 0 fully saturated rings. The van der Waals surface area contributed by atoms with Crippen LogP contribution in [0.4, 0.5) is 0 Å². The van der Waals surface area contributed by atoms with Crippen LogP contribution >= 0.6 is 11.6 Å². The van der Waals surface area contributed by atoms with Gasteiger partial charge in [-0.3, -0.25) is 4.99 Å². The van der Waals surface area contributed by atoms with Gasteiger partial charge in [-0.15, -0.1) is 0 Å². The van der Waals surface area contributed by atoms with Crippen molar-refractivity contribution in [2.45, 2.75) is 13.1 Å². The van der Waals surface area contributed by atoms with E-state index in [4.69, 9.17) is 16.3 Å². The van der Waals surface area contributed by atoms with Gasteiger partial charge in [0.2, 0.25) is 5.88 Å². The minimum Gasteiger partial charge on any atom is -0.481 e. The van der Waals surface area contributed by atoms with Crippen molar-refractivity contribution in [3.8, 4) is 5.88 Å². The number of nitrogens with zero attached hydrogens (tertiary/aromatic N) is 3. The number of rotatable bonds is 5. The maximum Gasteiger partial charge on any atom is 0.213 e. The Morgan fingerprint density at radius 1 is 1.26 bits per heavy atom. The second-order valence-electron chi connectivity index (χ2n) is 5.05. The quantitative estimate of drug-likeness (QED) is 0.675. The molecule has 1 aromatic carbocycles. The van der Waals surface area contributed by atoms with E-state index in [1.807, 2.05) is 54.4 Å². The molecule has 1 heterocycles. The average Bonchev–Trinajstić information content (AvgIpc) is 2.57. The number of benzene rings is 1. The first-order valence-corrected chi connectivity index (χ1v) is 7.66. The lowest BCUT2D eigenvalue weighted by Gasteiger charge is -2.22. The highest BCUT2D eigenvalue weighted by molar-refractivity contribution is 6.30. The van der Waals surface area contributed by atoms with Crippen LogP contribution in [0.15, 0.2) is 47.5 Å². The number of nitrogens with one attached hydrogen (secondary N) is 1. The van der Waals surface area contributed by atoms with Gasteiger partial charge in [-0.2, -0.15) is 0 Å². The van der Waals surface area contributed by atoms with Crippen molar-refractivity contribution in [2.24, 2.45) is 4.99 Å². The molecule has 0 saturated heterocycles. The van der Waals surface area contributed by atoms with E-state index in [0.717, 1.165) is 23.2 Å². The Kier molecular flexibility index (Phi) is 6.23. The van der Waals surface area contributed by atoms with E-state index >= 15 is 0 Å². The number of aromatic nitrogens is 1. The topological polar surface area (TPSA) is 49.8 Å². The standard InChI is InChI=1S/C17H21ClN4O/c1-19-17(20-11-15-5-4-6-16(21-15)23-3)22(2)12-13-7-9-14(18)10-8-13/h4-10H,11-12H2,1-3H3,(H,19,20). The Hall–Kier alpha value is -2.27. The van der Waals surface area contributed by atoms with Crippen LogP contribution < -0.4 is 10.1 Å². The molecule has 2 rings (SSSR count). The van der Waals surface area contributed by atoms with Crippen LogP contribution in [0.5, 0.6) is 5.88 Å². The van der Waals surface area contributed by atoms with Gasteiger partial charge < -0.3 is 15.0 Å². The predicted octanol–water partition coefficient (Wildman–Crippen LogP) is 2.95. The summed E-state index contributed by atoms with van der Waals surface area (Å²) in [5.74, 6) is 1.40. The second kappa shape index (κ2) is 8.39. The molecule has 0 radical (unpaired) electrons. The summed E-state index contributed by atoms with van der Waals surface area (Å²) in [4.78, 5) is 10.7. The van der Waals surface area contributed by atoms with Gasteiger partial charge in [0.25, 0.3) is 0 Å². The third-order valence-corrected chi connectivity index (χ3v) is 3.58. The monoisotopic (exact) mass is 332 g/mol. The van der Waals surface area contributed by atoms with Crippen molar-refractivity contribution < 1.29 is 4.74 Å². The fraction of sp³-hybridized carbons (Fsp3) is 0.294. The first kappa shape index (κ1) is 17.1. The predicted molar refractivity (Wildman–Crippen MR) is 93.9 cm³/mol. The number of hydrogen-bond donors (Lipinski definition) is 1. The summed E-state index contributed by atoms with van der Waals surface area (Å²) in [5.41, 5.74) is 2.06. The van der Waals surface area contributed by atoms with Gasteiger partial charge in [0.15, 0.2) is 5.96 Å². The van der Waals surface area contributed by atoms with Crippen LogP contribution in [-0.2, 0) is 13.1 Å². The van der Waals surface area contributed by atoms with Crippen molar-refractivity contribution in [3.05, 3.63) is 58.7 Å². The fourth-order valence-electron chi connectivity index (χ4n) is 2.16. The Morgan fingerprint density at radius 2 is 2.00 bits per heavy atom. The maximum absolute atomic E-state index is 5.91. The number of hydrogen-bond acceptors (Lipinski definition) is 3. The highest BCUT2D eigenvalue weighted by Crippen LogP contribution is 2.11. The summed E-state index contributed by atoms with van der Waals surface area (Å²) in [5, 5.41) is 4.04. The Balaban J connectivity index is 1.95. The van der Waals surface area contributed by atoms with Crippen molar-refractivity contribution in [1.29, 1.82) is 0 Å². The van der Waals surface area contributed by atoms with Crippen molar-refractivity contribution in [1.82, 2.24) is 15.2 Å². The Bertz CT molecular complexity index is 658. The molecule has 0 atom stereocenters. The first-order valence-electron chi connectivity index (χ1n) is 7.28. The van der Waals surface area contributed by atoms with Gasteiger partial charge in [0, 0.05) is 31.7 Å². The first-order chi connectivity index (χ1) is 11.1. The third kappa shape index (κ3) is 5.14. The molecule has 0 aliphatic carbocycles. The molecule has 23 heavy (non-hydrogen) atoms. The number of aliphatic imine (C=N–C) groups is 1. The highest BCUT2D eigenvalue weighted by Gasteiger charge is 2.07. The molecule has 5 nitrogen and oxygen atoms in total. The summed E-state index contributed by atoms with van der Waals surface area (Å²) in [7, 11) is 5.36. The lowest BCUT2D eigenvalue weighted by Crippen LogP contribution is -2.38. The van der Waals surface area contributed by atoms with E-state index in [1.165, 1.54) is 5.56 Å². The summed E-state index contributed by atoms with van der Waals surface area (Å²) in [6.07, 6.45) is 0. The lowest BCUT2D eigenvalue weighted by atomic mass is 10.2. The van der Waals surface area contributed by atoms with Gasteiger partial charge in [-0.25, -0.2) is 4.98 Å². The van der Waals surface area contributed by atoms with E-state index in [9.17, 15) is 0 Å². The Morgan fingerprint density at radius 3 is 2.65 bits per heavy atom. The molecular formula is C17H21ClN4O. The van der Waals surface area contributed by atoms with E-state index < -0.39 is 0 Å². The van der Waals surface area contributed by atoms with Crippen LogP contribution in [-0.4, -0.2) is 37.0 Å². The molecular weight excluding hydrogens is 312 g/mol. The van der Waals surface area contributed by atoms with Crippen LogP contribution in [0.2, 0.25) is 5.02 Å². The zero-order chi connectivity index (χ0) is 16.7. The molecule has 0 unspecified atom stereocenters. The van der Waals surface area contributed by atoms with Gasteiger partial charge in [-0.1, -0.05) is 29.8 Å². The molecule has 122 valence electrons. The lowest BCUT2D eigenvalue weighted by molar-refractivity contribution is 0.396. The van der Waals surface area contributed by atoms with E-state index in [2.05, 4.69) is 15.3 Å². The largest absolute Gasteiger partial charge is 0.481 e. The fourth-order valence-corrected chi connectivity index (χ4v) is 2.29. The van der Waals surface area contributed by atoms with Crippen LogP contribution in [0.3, 0.4) is 0 Å². The molecule has 1 N–H and O–H groups in total.